The van der Waals surface area contributed by atoms with E-state index in [0.717, 1.165) is 28.2 Å². The normalized spacial score (nSPS) is 11.2. The third-order valence-corrected chi connectivity index (χ3v) is 7.76. The van der Waals surface area contributed by atoms with Gasteiger partial charge in [-0.2, -0.15) is 0 Å². The zero-order chi connectivity index (χ0) is 28.8. The molecule has 0 atom stereocenters. The fourth-order valence-corrected chi connectivity index (χ4v) is 5.61. The van der Waals surface area contributed by atoms with Crippen LogP contribution >= 0.6 is 22.9 Å². The molecule has 0 spiro atoms. The summed E-state index contributed by atoms with van der Waals surface area (Å²) in [4.78, 5) is 18.8. The SMILES string of the molecule is COc1ccc(-[n+]2noc([O-])c2C(=O)c2sc3nc(-c4ccc(Cl)cc4)cc(-c4ccc(F)cc4F)c3c2N)cc1. The molecular weight excluding hydrogens is 574 g/mol. The number of carbonyl (C=O) groups is 1. The average molecular weight is 591 g/mol. The van der Waals surface area contributed by atoms with Crippen molar-refractivity contribution in [2.45, 2.75) is 0 Å². The van der Waals surface area contributed by atoms with E-state index in [1.54, 1.807) is 54.6 Å². The predicted octanol–water partition coefficient (Wildman–Crippen LogP) is 5.72. The summed E-state index contributed by atoms with van der Waals surface area (Å²) in [6.45, 7) is 0. The number of hydrogen-bond donors (Lipinski definition) is 1. The number of nitrogens with zero attached hydrogens (tertiary/aromatic N) is 3. The maximum Gasteiger partial charge on any atom is 0.312 e. The summed E-state index contributed by atoms with van der Waals surface area (Å²) in [5.74, 6) is -2.74. The van der Waals surface area contributed by atoms with Crippen LogP contribution in [0.15, 0.2) is 77.3 Å². The summed E-state index contributed by atoms with van der Waals surface area (Å²) in [6.07, 6.45) is 0. The van der Waals surface area contributed by atoms with E-state index in [0.29, 0.717) is 38.1 Å². The molecular formula is C29H17ClF2N4O4S. The molecule has 3 heterocycles. The molecule has 0 aliphatic heterocycles. The highest BCUT2D eigenvalue weighted by Crippen LogP contribution is 2.43. The number of thiophene rings is 1. The highest BCUT2D eigenvalue weighted by Gasteiger charge is 2.33. The second kappa shape index (κ2) is 10.3. The summed E-state index contributed by atoms with van der Waals surface area (Å²) in [5, 5.41) is 17.2. The third kappa shape index (κ3) is 4.64. The number of aromatic nitrogens is 3. The second-order valence-electron chi connectivity index (χ2n) is 8.86. The molecule has 2 N–H and O–H groups in total. The van der Waals surface area contributed by atoms with Gasteiger partial charge in [0.05, 0.1) is 23.8 Å². The first-order valence-corrected chi connectivity index (χ1v) is 13.2. The van der Waals surface area contributed by atoms with Crippen LogP contribution in [0.25, 0.3) is 38.3 Å². The molecule has 3 aromatic carbocycles. The lowest BCUT2D eigenvalue weighted by Gasteiger charge is -2.10. The van der Waals surface area contributed by atoms with Crippen LogP contribution in [-0.4, -0.2) is 23.1 Å². The Morgan fingerprint density at radius 3 is 2.46 bits per heavy atom. The van der Waals surface area contributed by atoms with Crippen molar-refractivity contribution >= 4 is 44.6 Å². The Morgan fingerprint density at radius 1 is 1.05 bits per heavy atom. The number of pyridine rings is 1. The number of methoxy groups -OCH3 is 1. The topological polar surface area (TPSA) is 118 Å². The first kappa shape index (κ1) is 26.4. The number of rotatable bonds is 6. The van der Waals surface area contributed by atoms with Crippen molar-refractivity contribution in [3.05, 3.63) is 100 Å². The molecule has 0 unspecified atom stereocenters. The van der Waals surface area contributed by atoms with Gasteiger partial charge in [-0.05, 0) is 52.7 Å². The number of nitrogens with two attached hydrogens (primary N) is 1. The number of fused-ring (bicyclic) bond motifs is 1. The molecule has 0 saturated carbocycles. The number of anilines is 1. The smallest absolute Gasteiger partial charge is 0.312 e. The maximum absolute atomic E-state index is 15.1. The molecule has 41 heavy (non-hydrogen) atoms. The van der Waals surface area contributed by atoms with Crippen molar-refractivity contribution in [3.63, 3.8) is 0 Å². The first-order valence-electron chi connectivity index (χ1n) is 12.0. The summed E-state index contributed by atoms with van der Waals surface area (Å²) in [5.41, 5.74) is 7.92. The molecule has 6 rings (SSSR count). The summed E-state index contributed by atoms with van der Waals surface area (Å²) < 4.78 is 39.9. The van der Waals surface area contributed by atoms with Gasteiger partial charge in [-0.3, -0.25) is 4.79 Å². The van der Waals surface area contributed by atoms with E-state index in [1.807, 2.05) is 0 Å². The number of ether oxygens (including phenoxy) is 1. The predicted molar refractivity (Wildman–Crippen MR) is 147 cm³/mol. The van der Waals surface area contributed by atoms with Crippen molar-refractivity contribution in [3.8, 4) is 39.8 Å². The van der Waals surface area contributed by atoms with Crippen molar-refractivity contribution in [2.75, 3.05) is 12.8 Å². The van der Waals surface area contributed by atoms with E-state index in [1.165, 1.54) is 13.2 Å². The van der Waals surface area contributed by atoms with E-state index >= 15 is 4.39 Å². The zero-order valence-electron chi connectivity index (χ0n) is 21.0. The van der Waals surface area contributed by atoms with Crippen molar-refractivity contribution in [1.29, 1.82) is 0 Å². The molecule has 0 bridgehead atoms. The number of ketones is 1. The average Bonchev–Trinajstić information content (AvgIpc) is 3.52. The van der Waals surface area contributed by atoms with Gasteiger partial charge in [-0.25, -0.2) is 13.8 Å². The minimum atomic E-state index is -0.970. The van der Waals surface area contributed by atoms with Gasteiger partial charge < -0.3 is 20.1 Å². The zero-order valence-corrected chi connectivity index (χ0v) is 22.6. The second-order valence-corrected chi connectivity index (χ2v) is 10.3. The van der Waals surface area contributed by atoms with Crippen molar-refractivity contribution < 1.29 is 32.6 Å². The molecule has 6 aromatic rings. The van der Waals surface area contributed by atoms with E-state index < -0.39 is 23.4 Å². The molecule has 0 fully saturated rings. The Bertz CT molecular complexity index is 1960. The summed E-state index contributed by atoms with van der Waals surface area (Å²) in [7, 11) is 1.51. The molecule has 204 valence electrons. The molecule has 0 aliphatic carbocycles. The minimum absolute atomic E-state index is 0.0212. The lowest BCUT2D eigenvalue weighted by atomic mass is 9.98. The molecule has 3 aromatic heterocycles. The van der Waals surface area contributed by atoms with E-state index in [4.69, 9.17) is 26.6 Å². The van der Waals surface area contributed by atoms with Gasteiger partial charge in [-0.15, -0.1) is 11.3 Å². The molecule has 8 nitrogen and oxygen atoms in total. The lowest BCUT2D eigenvalue weighted by molar-refractivity contribution is -0.672. The summed E-state index contributed by atoms with van der Waals surface area (Å²) in [6, 6.07) is 18.1. The van der Waals surface area contributed by atoms with Gasteiger partial charge in [0.15, 0.2) is 5.95 Å². The highest BCUT2D eigenvalue weighted by atomic mass is 35.5. The molecule has 0 amide bonds. The number of benzene rings is 3. The Morgan fingerprint density at radius 2 is 1.78 bits per heavy atom. The fraction of sp³-hybridized carbons (Fsp3) is 0.0345. The van der Waals surface area contributed by atoms with Gasteiger partial charge in [0, 0.05) is 39.7 Å². The lowest BCUT2D eigenvalue weighted by Crippen LogP contribution is -2.39. The van der Waals surface area contributed by atoms with E-state index in [-0.39, 0.29) is 27.2 Å². The van der Waals surface area contributed by atoms with Crippen molar-refractivity contribution in [2.24, 2.45) is 0 Å². The number of carbonyl (C=O) groups excluding carboxylic acids is 1. The Hall–Kier alpha value is -4.87. The molecule has 0 saturated heterocycles. The van der Waals surface area contributed by atoms with Crippen LogP contribution in [0.2, 0.25) is 5.02 Å². The van der Waals surface area contributed by atoms with Crippen LogP contribution in [0.5, 0.6) is 11.7 Å². The number of nitrogen functional groups attached to an aromatic ring is 1. The van der Waals surface area contributed by atoms with Gasteiger partial charge in [0.1, 0.15) is 27.1 Å². The van der Waals surface area contributed by atoms with Crippen LogP contribution < -0.4 is 20.3 Å². The Balaban J connectivity index is 1.56. The minimum Gasteiger partial charge on any atom is -0.539 e. The first-order chi connectivity index (χ1) is 19.7. The third-order valence-electron chi connectivity index (χ3n) is 6.41. The monoisotopic (exact) mass is 590 g/mol. The van der Waals surface area contributed by atoms with E-state index in [9.17, 15) is 14.3 Å². The molecule has 0 aliphatic rings. The summed E-state index contributed by atoms with van der Waals surface area (Å²) >= 11 is 6.97. The van der Waals surface area contributed by atoms with Crippen LogP contribution in [0.3, 0.4) is 0 Å². The Labute approximate surface area is 239 Å². The number of hydrogen-bond acceptors (Lipinski definition) is 8. The van der Waals surface area contributed by atoms with Gasteiger partial charge in [0.25, 0.3) is 5.78 Å². The largest absolute Gasteiger partial charge is 0.539 e. The van der Waals surface area contributed by atoms with Gasteiger partial charge in [0.2, 0.25) is 5.69 Å². The van der Waals surface area contributed by atoms with E-state index in [2.05, 4.69) is 10.3 Å². The van der Waals surface area contributed by atoms with Crippen LogP contribution in [0.1, 0.15) is 15.4 Å². The van der Waals surface area contributed by atoms with Gasteiger partial charge in [-0.1, -0.05) is 23.7 Å². The van der Waals surface area contributed by atoms with Crippen LogP contribution in [0.4, 0.5) is 14.5 Å². The number of halogens is 3. The standard InChI is InChI=1S/C29H17ClF2N4O4S/c1-39-18-9-7-17(8-10-18)36-25(29(38)40-35-36)26(37)27-24(33)23-20(19-11-6-16(31)12-21(19)32)13-22(34-28(23)41-27)14-2-4-15(30)5-3-14/h2-13H,1H3,(H2-,33,35,37,38). The quantitative estimate of drug-likeness (QED) is 0.195. The van der Waals surface area contributed by atoms with Crippen molar-refractivity contribution in [1.82, 2.24) is 10.3 Å². The maximum atomic E-state index is 15.1. The Kier molecular flexibility index (Phi) is 6.60. The highest BCUT2D eigenvalue weighted by molar-refractivity contribution is 7.21. The molecule has 12 heteroatoms. The fourth-order valence-electron chi connectivity index (χ4n) is 4.42. The van der Waals surface area contributed by atoms with Crippen LogP contribution in [-0.2, 0) is 0 Å². The molecule has 0 radical (unpaired) electrons. The van der Waals surface area contributed by atoms with Gasteiger partial charge >= 0.3 is 5.69 Å². The van der Waals surface area contributed by atoms with Crippen LogP contribution in [0, 0.1) is 11.6 Å².